The van der Waals surface area contributed by atoms with Crippen LogP contribution in [0.4, 0.5) is 0 Å². The Labute approximate surface area is 86.8 Å². The molecule has 3 nitrogen and oxygen atoms in total. The molecule has 84 valence electrons. The van der Waals surface area contributed by atoms with Gasteiger partial charge >= 0.3 is 0 Å². The van der Waals surface area contributed by atoms with E-state index in [-0.39, 0.29) is 12.1 Å². The fourth-order valence-electron chi connectivity index (χ4n) is 1.82. The number of aliphatic hydroxyl groups is 1. The van der Waals surface area contributed by atoms with E-state index in [1.54, 1.807) is 0 Å². The van der Waals surface area contributed by atoms with E-state index in [9.17, 15) is 5.11 Å². The lowest BCUT2D eigenvalue weighted by Gasteiger charge is -2.32. The molecule has 1 atom stereocenters. The predicted octanol–water partition coefficient (Wildman–Crippen LogP) is 1.16. The number of aliphatic hydroxyl groups excluding tert-OH is 1. The van der Waals surface area contributed by atoms with Crippen molar-refractivity contribution in [1.29, 1.82) is 0 Å². The molecule has 1 saturated heterocycles. The van der Waals surface area contributed by atoms with E-state index in [0.717, 1.165) is 39.0 Å². The number of hydrogen-bond acceptors (Lipinski definition) is 3. The lowest BCUT2D eigenvalue weighted by molar-refractivity contribution is 0.112. The van der Waals surface area contributed by atoms with Gasteiger partial charge in [0.2, 0.25) is 0 Å². The topological polar surface area (TPSA) is 41.5 Å². The molecule has 0 aromatic heterocycles. The maximum Gasteiger partial charge on any atom is 0.0614 e. The van der Waals surface area contributed by atoms with Gasteiger partial charge in [-0.05, 0) is 31.7 Å². The molecule has 1 aliphatic rings. The Morgan fingerprint density at radius 1 is 1.36 bits per heavy atom. The molecule has 14 heavy (non-hydrogen) atoms. The summed E-state index contributed by atoms with van der Waals surface area (Å²) >= 11 is 0. The second-order valence-corrected chi connectivity index (χ2v) is 4.68. The first-order valence-corrected chi connectivity index (χ1v) is 5.62. The van der Waals surface area contributed by atoms with Crippen LogP contribution in [0.5, 0.6) is 0 Å². The van der Waals surface area contributed by atoms with Gasteiger partial charge < -0.3 is 15.2 Å². The molecule has 3 heteroatoms. The van der Waals surface area contributed by atoms with Crippen LogP contribution >= 0.6 is 0 Å². The third-order valence-electron chi connectivity index (χ3n) is 2.86. The van der Waals surface area contributed by atoms with E-state index < -0.39 is 0 Å². The summed E-state index contributed by atoms with van der Waals surface area (Å²) in [6.45, 7) is 7.18. The number of rotatable bonds is 4. The van der Waals surface area contributed by atoms with Gasteiger partial charge in [-0.3, -0.25) is 0 Å². The van der Waals surface area contributed by atoms with Crippen LogP contribution in [0.25, 0.3) is 0 Å². The molecule has 2 N–H and O–H groups in total. The third kappa shape index (κ3) is 3.56. The molecule has 0 spiro atoms. The lowest BCUT2D eigenvalue weighted by atomic mass is 9.91. The highest BCUT2D eigenvalue weighted by molar-refractivity contribution is 4.88. The third-order valence-corrected chi connectivity index (χ3v) is 2.86. The smallest absolute Gasteiger partial charge is 0.0614 e. The molecule has 0 amide bonds. The van der Waals surface area contributed by atoms with Gasteiger partial charge in [0.15, 0.2) is 0 Å². The number of ether oxygens (including phenoxy) is 1. The molecule has 0 aromatic rings. The maximum atomic E-state index is 9.46. The summed E-state index contributed by atoms with van der Waals surface area (Å²) in [5, 5.41) is 13.0. The van der Waals surface area contributed by atoms with Crippen LogP contribution in [0.2, 0.25) is 0 Å². The summed E-state index contributed by atoms with van der Waals surface area (Å²) < 4.78 is 5.41. The zero-order chi connectivity index (χ0) is 10.4. The van der Waals surface area contributed by atoms with Crippen LogP contribution in [-0.4, -0.2) is 37.0 Å². The molecule has 0 bridgehead atoms. The minimum absolute atomic E-state index is 0.0826. The van der Waals surface area contributed by atoms with Crippen LogP contribution < -0.4 is 5.32 Å². The van der Waals surface area contributed by atoms with Crippen molar-refractivity contribution in [2.45, 2.75) is 38.6 Å². The van der Waals surface area contributed by atoms with Gasteiger partial charge in [-0.2, -0.15) is 0 Å². The molecule has 1 aliphatic heterocycles. The van der Waals surface area contributed by atoms with E-state index >= 15 is 0 Å². The summed E-state index contributed by atoms with van der Waals surface area (Å²) in [6.07, 6.45) is 3.00. The molecular weight excluding hydrogens is 178 g/mol. The Bertz CT molecular complexity index is 151. The quantitative estimate of drug-likeness (QED) is 0.717. The van der Waals surface area contributed by atoms with E-state index in [1.165, 1.54) is 0 Å². The largest absolute Gasteiger partial charge is 0.394 e. The fraction of sp³-hybridized carbons (Fsp3) is 1.00. The first kappa shape index (κ1) is 12.0. The summed E-state index contributed by atoms with van der Waals surface area (Å²) in [4.78, 5) is 0. The second kappa shape index (κ2) is 5.69. The van der Waals surface area contributed by atoms with Gasteiger partial charge in [0.1, 0.15) is 0 Å². The van der Waals surface area contributed by atoms with Crippen molar-refractivity contribution in [3.05, 3.63) is 0 Å². The number of nitrogens with one attached hydrogen (secondary N) is 1. The molecule has 1 fully saturated rings. The van der Waals surface area contributed by atoms with Gasteiger partial charge in [-0.25, -0.2) is 0 Å². The molecule has 0 radical (unpaired) electrons. The van der Waals surface area contributed by atoms with Crippen molar-refractivity contribution in [1.82, 2.24) is 5.32 Å². The Morgan fingerprint density at radius 2 is 2.14 bits per heavy atom. The SMILES string of the molecule is CC(C)CNC1(CO)CCCOCC1. The minimum Gasteiger partial charge on any atom is -0.394 e. The van der Waals surface area contributed by atoms with E-state index in [0.29, 0.717) is 5.92 Å². The van der Waals surface area contributed by atoms with Gasteiger partial charge in [-0.15, -0.1) is 0 Å². The zero-order valence-corrected chi connectivity index (χ0v) is 9.38. The monoisotopic (exact) mass is 201 g/mol. The first-order valence-electron chi connectivity index (χ1n) is 5.62. The Hall–Kier alpha value is -0.120. The molecule has 1 unspecified atom stereocenters. The first-order chi connectivity index (χ1) is 6.68. The predicted molar refractivity (Wildman–Crippen MR) is 57.3 cm³/mol. The highest BCUT2D eigenvalue weighted by Crippen LogP contribution is 2.20. The highest BCUT2D eigenvalue weighted by Gasteiger charge is 2.29. The summed E-state index contributed by atoms with van der Waals surface area (Å²) in [5.74, 6) is 0.627. The Morgan fingerprint density at radius 3 is 2.79 bits per heavy atom. The average Bonchev–Trinajstić information content (AvgIpc) is 2.41. The summed E-state index contributed by atoms with van der Waals surface area (Å²) in [5.41, 5.74) is -0.0826. The fourth-order valence-corrected chi connectivity index (χ4v) is 1.82. The Balaban J connectivity index is 2.45. The van der Waals surface area contributed by atoms with Gasteiger partial charge in [0.25, 0.3) is 0 Å². The van der Waals surface area contributed by atoms with Crippen LogP contribution in [0, 0.1) is 5.92 Å². The molecule has 0 aromatic carbocycles. The van der Waals surface area contributed by atoms with Crippen LogP contribution in [0.3, 0.4) is 0 Å². The second-order valence-electron chi connectivity index (χ2n) is 4.68. The molecule has 1 rings (SSSR count). The molecule has 0 aliphatic carbocycles. The van der Waals surface area contributed by atoms with Crippen molar-refractivity contribution in [3.63, 3.8) is 0 Å². The van der Waals surface area contributed by atoms with Crippen molar-refractivity contribution in [3.8, 4) is 0 Å². The highest BCUT2D eigenvalue weighted by atomic mass is 16.5. The van der Waals surface area contributed by atoms with Crippen molar-refractivity contribution in [2.75, 3.05) is 26.4 Å². The number of hydrogen-bond donors (Lipinski definition) is 2. The molecule has 1 heterocycles. The maximum absolute atomic E-state index is 9.46. The van der Waals surface area contributed by atoms with E-state index in [1.807, 2.05) is 0 Å². The Kier molecular flexibility index (Phi) is 4.85. The average molecular weight is 201 g/mol. The van der Waals surface area contributed by atoms with Gasteiger partial charge in [-0.1, -0.05) is 13.8 Å². The van der Waals surface area contributed by atoms with E-state index in [2.05, 4.69) is 19.2 Å². The normalized spacial score (nSPS) is 29.1. The summed E-state index contributed by atoms with van der Waals surface area (Å²) in [7, 11) is 0. The minimum atomic E-state index is -0.0826. The standard InChI is InChI=1S/C11H23NO2/c1-10(2)8-12-11(9-13)4-3-6-14-7-5-11/h10,12-13H,3-9H2,1-2H3. The lowest BCUT2D eigenvalue weighted by Crippen LogP contribution is -2.50. The van der Waals surface area contributed by atoms with Crippen molar-refractivity contribution < 1.29 is 9.84 Å². The van der Waals surface area contributed by atoms with Gasteiger partial charge in [0.05, 0.1) is 6.61 Å². The summed E-state index contributed by atoms with van der Waals surface area (Å²) in [6, 6.07) is 0. The van der Waals surface area contributed by atoms with Crippen LogP contribution in [-0.2, 0) is 4.74 Å². The van der Waals surface area contributed by atoms with Crippen molar-refractivity contribution in [2.24, 2.45) is 5.92 Å². The zero-order valence-electron chi connectivity index (χ0n) is 9.38. The molecule has 0 saturated carbocycles. The van der Waals surface area contributed by atoms with Crippen LogP contribution in [0.1, 0.15) is 33.1 Å². The van der Waals surface area contributed by atoms with Crippen molar-refractivity contribution >= 4 is 0 Å². The van der Waals surface area contributed by atoms with Gasteiger partial charge in [0, 0.05) is 18.8 Å². The van der Waals surface area contributed by atoms with Crippen LogP contribution in [0.15, 0.2) is 0 Å². The van der Waals surface area contributed by atoms with E-state index in [4.69, 9.17) is 4.74 Å². The molecular formula is C11H23NO2.